The van der Waals surface area contributed by atoms with Gasteiger partial charge in [0, 0.05) is 24.2 Å². The maximum Gasteiger partial charge on any atom is 0.323 e. The number of urea groups is 1. The number of hydrogen-bond acceptors (Lipinski definition) is 3. The third-order valence-electron chi connectivity index (χ3n) is 6.88. The van der Waals surface area contributed by atoms with Gasteiger partial charge in [0.05, 0.1) is 20.8 Å². The summed E-state index contributed by atoms with van der Waals surface area (Å²) in [5, 5.41) is 17.1. The molecule has 2 amide bonds. The molecule has 3 N–H and O–H groups in total. The van der Waals surface area contributed by atoms with Crippen molar-refractivity contribution >= 4 is 52.2 Å². The van der Waals surface area contributed by atoms with Crippen LogP contribution in [0.4, 0.5) is 16.2 Å². The van der Waals surface area contributed by atoms with Crippen molar-refractivity contribution in [2.75, 3.05) is 24.2 Å². The molecule has 1 aliphatic carbocycles. The van der Waals surface area contributed by atoms with Crippen LogP contribution < -0.4 is 10.6 Å². The molecular formula is C26H24Cl3N3O2. The number of halogens is 3. The van der Waals surface area contributed by atoms with E-state index >= 15 is 0 Å². The number of hydrogen-bond donors (Lipinski definition) is 3. The molecule has 176 valence electrons. The van der Waals surface area contributed by atoms with E-state index in [-0.39, 0.29) is 11.7 Å². The number of aryl methyl sites for hydroxylation is 1. The van der Waals surface area contributed by atoms with Crippen LogP contribution in [0.2, 0.25) is 15.1 Å². The van der Waals surface area contributed by atoms with Crippen molar-refractivity contribution in [2.24, 2.45) is 0 Å². The Kier molecular flexibility index (Phi) is 6.38. The Hall–Kier alpha value is -2.44. The van der Waals surface area contributed by atoms with Crippen LogP contribution >= 0.6 is 34.8 Å². The number of anilines is 2. The van der Waals surface area contributed by atoms with Gasteiger partial charge in [-0.25, -0.2) is 4.79 Å². The summed E-state index contributed by atoms with van der Waals surface area (Å²) in [4.78, 5) is 15.0. The predicted octanol–water partition coefficient (Wildman–Crippen LogP) is 6.93. The molecule has 1 aliphatic heterocycles. The van der Waals surface area contributed by atoms with Crippen LogP contribution in [-0.2, 0) is 12.8 Å². The number of carbonyl (C=O) groups is 1. The second kappa shape index (κ2) is 9.31. The molecule has 2 aliphatic rings. The molecule has 0 radical (unpaired) electrons. The number of rotatable bonds is 2. The van der Waals surface area contributed by atoms with E-state index in [0.29, 0.717) is 32.5 Å². The second-order valence-corrected chi connectivity index (χ2v) is 10.1. The number of amides is 2. The van der Waals surface area contributed by atoms with Crippen LogP contribution in [0.15, 0.2) is 48.5 Å². The van der Waals surface area contributed by atoms with Crippen molar-refractivity contribution in [3.63, 3.8) is 0 Å². The summed E-state index contributed by atoms with van der Waals surface area (Å²) < 4.78 is 0. The van der Waals surface area contributed by atoms with E-state index in [1.807, 2.05) is 24.3 Å². The van der Waals surface area contributed by atoms with Crippen LogP contribution in [-0.4, -0.2) is 35.7 Å². The number of phenolic OH excluding ortho intramolecular Hbond substituents is 1. The number of nitrogens with zero attached hydrogens (tertiary/aromatic N) is 1. The molecule has 3 aromatic rings. The van der Waals surface area contributed by atoms with Gasteiger partial charge in [-0.05, 0) is 85.0 Å². The van der Waals surface area contributed by atoms with Crippen LogP contribution in [0.25, 0.3) is 0 Å². The van der Waals surface area contributed by atoms with Gasteiger partial charge < -0.3 is 20.6 Å². The number of phenols is 1. The van der Waals surface area contributed by atoms with Gasteiger partial charge in [0.25, 0.3) is 0 Å². The van der Waals surface area contributed by atoms with Crippen molar-refractivity contribution < 1.29 is 9.90 Å². The summed E-state index contributed by atoms with van der Waals surface area (Å²) in [6, 6.07) is 14.7. The highest BCUT2D eigenvalue weighted by molar-refractivity contribution is 6.39. The third kappa shape index (κ3) is 4.34. The summed E-state index contributed by atoms with van der Waals surface area (Å²) in [7, 11) is 2.16. The van der Waals surface area contributed by atoms with Gasteiger partial charge in [-0.3, -0.25) is 0 Å². The number of carbonyl (C=O) groups excluding carboxylic acids is 1. The number of para-hydroxylation sites is 1. The summed E-state index contributed by atoms with van der Waals surface area (Å²) in [6.07, 6.45) is 2.78. The molecule has 0 bridgehead atoms. The highest BCUT2D eigenvalue weighted by Gasteiger charge is 2.37. The minimum absolute atomic E-state index is 0.115. The molecule has 0 saturated heterocycles. The summed E-state index contributed by atoms with van der Waals surface area (Å²) in [5.41, 5.74) is 5.77. The standard InChI is InChI=1S/C26H24Cl3N3O2/c1-32-10-9-15-12-21(29)23(33)13-18(15)24-17-7-6-16(11-14(17)5-8-22(24)32)30-26(34)31-25-19(27)3-2-4-20(25)28/h2-4,6-7,11-13,22,24,33H,5,8-10H2,1H3,(H2,30,31,34)/t22-,24+/m0/s1. The van der Waals surface area contributed by atoms with Crippen molar-refractivity contribution in [3.05, 3.63) is 85.9 Å². The lowest BCUT2D eigenvalue weighted by atomic mass is 9.74. The van der Waals surface area contributed by atoms with Crippen molar-refractivity contribution in [1.82, 2.24) is 4.90 Å². The molecule has 0 fully saturated rings. The first-order valence-corrected chi connectivity index (χ1v) is 12.3. The van der Waals surface area contributed by atoms with E-state index in [2.05, 4.69) is 28.6 Å². The average Bonchev–Trinajstić information content (AvgIpc) is 2.93. The van der Waals surface area contributed by atoms with E-state index in [4.69, 9.17) is 34.8 Å². The van der Waals surface area contributed by atoms with Crippen molar-refractivity contribution in [1.29, 1.82) is 0 Å². The second-order valence-electron chi connectivity index (χ2n) is 8.91. The lowest BCUT2D eigenvalue weighted by molar-refractivity contribution is 0.214. The summed E-state index contributed by atoms with van der Waals surface area (Å²) in [6.45, 7) is 0.940. The lowest BCUT2D eigenvalue weighted by Gasteiger charge is -2.38. The molecule has 3 aromatic carbocycles. The Labute approximate surface area is 213 Å². The molecule has 0 saturated carbocycles. The van der Waals surface area contributed by atoms with Crippen LogP contribution in [0.1, 0.15) is 34.6 Å². The lowest BCUT2D eigenvalue weighted by Crippen LogP contribution is -2.39. The van der Waals surface area contributed by atoms with E-state index in [1.54, 1.807) is 18.2 Å². The zero-order valence-corrected chi connectivity index (χ0v) is 20.8. The zero-order valence-electron chi connectivity index (χ0n) is 18.5. The van der Waals surface area contributed by atoms with Gasteiger partial charge in [-0.1, -0.05) is 46.9 Å². The molecule has 0 unspecified atom stereocenters. The Morgan fingerprint density at radius 3 is 2.44 bits per heavy atom. The molecular weight excluding hydrogens is 493 g/mol. The highest BCUT2D eigenvalue weighted by atomic mass is 35.5. The van der Waals surface area contributed by atoms with Crippen LogP contribution in [0.3, 0.4) is 0 Å². The number of nitrogens with one attached hydrogen (secondary N) is 2. The fourth-order valence-electron chi connectivity index (χ4n) is 5.21. The highest BCUT2D eigenvalue weighted by Crippen LogP contribution is 2.45. The van der Waals surface area contributed by atoms with Gasteiger partial charge in [0.2, 0.25) is 0 Å². The number of fused-ring (bicyclic) bond motifs is 5. The van der Waals surface area contributed by atoms with Gasteiger partial charge in [0.1, 0.15) is 5.75 Å². The Morgan fingerprint density at radius 1 is 0.941 bits per heavy atom. The van der Waals surface area contributed by atoms with E-state index in [0.717, 1.165) is 31.4 Å². The SMILES string of the molecule is CN1CCc2cc(Cl)c(O)cc2[C@H]2c3ccc(NC(=O)Nc4c(Cl)cccc4Cl)cc3CC[C@@H]21. The topological polar surface area (TPSA) is 64.6 Å². The first-order valence-electron chi connectivity index (χ1n) is 11.2. The van der Waals surface area contributed by atoms with Gasteiger partial charge in [0.15, 0.2) is 0 Å². The quantitative estimate of drug-likeness (QED) is 0.346. The minimum atomic E-state index is -0.414. The fourth-order valence-corrected chi connectivity index (χ4v) is 5.89. The summed E-state index contributed by atoms with van der Waals surface area (Å²) >= 11 is 18.6. The monoisotopic (exact) mass is 515 g/mol. The zero-order chi connectivity index (χ0) is 24.0. The molecule has 34 heavy (non-hydrogen) atoms. The molecule has 2 atom stereocenters. The Morgan fingerprint density at radius 2 is 1.68 bits per heavy atom. The smallest absolute Gasteiger partial charge is 0.323 e. The molecule has 8 heteroatoms. The van der Waals surface area contributed by atoms with Gasteiger partial charge in [-0.2, -0.15) is 0 Å². The number of likely N-dealkylation sites (N-methyl/N-ethyl adjacent to an activating group) is 1. The van der Waals surface area contributed by atoms with Crippen LogP contribution in [0, 0.1) is 0 Å². The molecule has 5 rings (SSSR count). The third-order valence-corrected chi connectivity index (χ3v) is 7.81. The fraction of sp³-hybridized carbons (Fsp3) is 0.269. The van der Waals surface area contributed by atoms with E-state index in [9.17, 15) is 9.90 Å². The van der Waals surface area contributed by atoms with Crippen LogP contribution in [0.5, 0.6) is 5.75 Å². The summed E-state index contributed by atoms with van der Waals surface area (Å²) in [5.74, 6) is 0.239. The first-order chi connectivity index (χ1) is 16.3. The average molecular weight is 517 g/mol. The number of benzene rings is 3. The molecule has 1 heterocycles. The van der Waals surface area contributed by atoms with Crippen molar-refractivity contribution in [2.45, 2.75) is 31.2 Å². The molecule has 0 aromatic heterocycles. The van der Waals surface area contributed by atoms with E-state index in [1.165, 1.54) is 16.7 Å². The molecule has 5 nitrogen and oxygen atoms in total. The largest absolute Gasteiger partial charge is 0.506 e. The Bertz CT molecular complexity index is 1260. The van der Waals surface area contributed by atoms with Gasteiger partial charge in [-0.15, -0.1) is 0 Å². The maximum absolute atomic E-state index is 12.6. The maximum atomic E-state index is 12.6. The molecule has 0 spiro atoms. The van der Waals surface area contributed by atoms with Crippen molar-refractivity contribution in [3.8, 4) is 5.75 Å². The number of aromatic hydroxyl groups is 1. The van der Waals surface area contributed by atoms with Gasteiger partial charge >= 0.3 is 6.03 Å². The minimum Gasteiger partial charge on any atom is -0.506 e. The normalized spacial score (nSPS) is 19.4. The Balaban J connectivity index is 1.45. The van der Waals surface area contributed by atoms with E-state index < -0.39 is 6.03 Å². The first kappa shape index (κ1) is 23.3. The predicted molar refractivity (Wildman–Crippen MR) is 139 cm³/mol.